The predicted molar refractivity (Wildman–Crippen MR) is 82.6 cm³/mol. The van der Waals surface area contributed by atoms with E-state index in [0.717, 1.165) is 22.3 Å². The molecule has 0 saturated carbocycles. The predicted octanol–water partition coefficient (Wildman–Crippen LogP) is 3.69. The van der Waals surface area contributed by atoms with Crippen LogP contribution in [0.4, 0.5) is 0 Å². The average molecular weight is 272 g/mol. The number of aromatic nitrogens is 4. The summed E-state index contributed by atoms with van der Waals surface area (Å²) in [6, 6.07) is 20.5. The van der Waals surface area contributed by atoms with Crippen molar-refractivity contribution < 1.29 is 0 Å². The zero-order valence-electron chi connectivity index (χ0n) is 11.2. The molecule has 0 aliphatic rings. The zero-order valence-corrected chi connectivity index (χ0v) is 11.2. The van der Waals surface area contributed by atoms with E-state index in [1.165, 1.54) is 11.1 Å². The quantitative estimate of drug-likeness (QED) is 0.605. The third-order valence-electron chi connectivity index (χ3n) is 3.52. The van der Waals surface area contributed by atoms with Gasteiger partial charge in [-0.1, -0.05) is 54.6 Å². The molecule has 0 aliphatic carbocycles. The van der Waals surface area contributed by atoms with E-state index in [2.05, 4.69) is 56.8 Å². The van der Waals surface area contributed by atoms with Gasteiger partial charge in [0.15, 0.2) is 0 Å². The van der Waals surface area contributed by atoms with Crippen LogP contribution in [-0.4, -0.2) is 20.4 Å². The highest BCUT2D eigenvalue weighted by Gasteiger charge is 2.08. The maximum atomic E-state index is 4.16. The van der Waals surface area contributed by atoms with Gasteiger partial charge < -0.3 is 4.98 Å². The van der Waals surface area contributed by atoms with Gasteiger partial charge in [0.25, 0.3) is 0 Å². The molecule has 0 atom stereocenters. The van der Waals surface area contributed by atoms with Gasteiger partial charge in [0, 0.05) is 11.8 Å². The molecule has 2 aromatic heterocycles. The molecule has 21 heavy (non-hydrogen) atoms. The van der Waals surface area contributed by atoms with E-state index in [1.54, 1.807) is 0 Å². The maximum absolute atomic E-state index is 4.16. The number of hydrogen-bond acceptors (Lipinski definition) is 3. The van der Waals surface area contributed by atoms with Crippen LogP contribution in [0.25, 0.3) is 33.4 Å². The standard InChI is InChI=1S/C17H12N4/c1-2-4-12(5-3-1)13-6-8-14(9-7-13)16-17-15(10-11-18-17)19-21-20-16/h1-11,18H. The normalized spacial score (nSPS) is 10.9. The highest BCUT2D eigenvalue weighted by atomic mass is 15.3. The molecule has 0 aliphatic heterocycles. The summed E-state index contributed by atoms with van der Waals surface area (Å²) < 4.78 is 0. The Balaban J connectivity index is 1.79. The minimum Gasteiger partial charge on any atom is -0.358 e. The Morgan fingerprint density at radius 1 is 0.667 bits per heavy atom. The van der Waals surface area contributed by atoms with Crippen LogP contribution in [0.3, 0.4) is 0 Å². The van der Waals surface area contributed by atoms with Gasteiger partial charge in [-0.15, -0.1) is 10.2 Å². The molecule has 0 fully saturated rings. The smallest absolute Gasteiger partial charge is 0.120 e. The van der Waals surface area contributed by atoms with Crippen LogP contribution in [-0.2, 0) is 0 Å². The van der Waals surface area contributed by atoms with Crippen molar-refractivity contribution in [1.29, 1.82) is 0 Å². The minimum atomic E-state index is 0.824. The zero-order chi connectivity index (χ0) is 14.1. The van der Waals surface area contributed by atoms with Gasteiger partial charge in [-0.05, 0) is 22.4 Å². The van der Waals surface area contributed by atoms with E-state index in [1.807, 2.05) is 30.5 Å². The summed E-state index contributed by atoms with van der Waals surface area (Å²) in [5.41, 5.74) is 5.98. The lowest BCUT2D eigenvalue weighted by molar-refractivity contribution is 0.900. The Kier molecular flexibility index (Phi) is 2.71. The molecule has 4 aromatic rings. The van der Waals surface area contributed by atoms with Crippen LogP contribution < -0.4 is 0 Å². The van der Waals surface area contributed by atoms with Crippen LogP contribution in [0.15, 0.2) is 66.9 Å². The molecule has 100 valence electrons. The Hall–Kier alpha value is -3.01. The molecule has 0 unspecified atom stereocenters. The fourth-order valence-corrected chi connectivity index (χ4v) is 2.45. The van der Waals surface area contributed by atoms with Crippen molar-refractivity contribution in [2.24, 2.45) is 0 Å². The first-order valence-electron chi connectivity index (χ1n) is 6.74. The summed E-state index contributed by atoms with van der Waals surface area (Å²) in [6.07, 6.45) is 1.85. The second-order valence-corrected chi connectivity index (χ2v) is 4.82. The van der Waals surface area contributed by atoms with Crippen molar-refractivity contribution in [1.82, 2.24) is 20.4 Å². The molecule has 1 N–H and O–H groups in total. The Labute approximate surface area is 121 Å². The first kappa shape index (κ1) is 11.8. The van der Waals surface area contributed by atoms with Crippen LogP contribution in [0.2, 0.25) is 0 Å². The number of nitrogens with zero attached hydrogens (tertiary/aromatic N) is 3. The van der Waals surface area contributed by atoms with E-state index in [0.29, 0.717) is 0 Å². The van der Waals surface area contributed by atoms with Crippen LogP contribution in [0, 0.1) is 0 Å². The highest BCUT2D eigenvalue weighted by Crippen LogP contribution is 2.26. The van der Waals surface area contributed by atoms with E-state index in [-0.39, 0.29) is 0 Å². The molecule has 0 saturated heterocycles. The number of benzene rings is 2. The lowest BCUT2D eigenvalue weighted by Gasteiger charge is -2.04. The van der Waals surface area contributed by atoms with Gasteiger partial charge in [-0.2, -0.15) is 0 Å². The summed E-state index contributed by atoms with van der Waals surface area (Å²) >= 11 is 0. The number of fused-ring (bicyclic) bond motifs is 1. The molecule has 4 nitrogen and oxygen atoms in total. The molecule has 0 radical (unpaired) electrons. The highest BCUT2D eigenvalue weighted by molar-refractivity contribution is 5.89. The number of nitrogens with one attached hydrogen (secondary N) is 1. The molecular weight excluding hydrogens is 260 g/mol. The largest absolute Gasteiger partial charge is 0.358 e. The molecule has 2 heterocycles. The molecule has 0 amide bonds. The van der Waals surface area contributed by atoms with E-state index in [4.69, 9.17) is 0 Å². The first-order valence-corrected chi connectivity index (χ1v) is 6.74. The van der Waals surface area contributed by atoms with Gasteiger partial charge in [0.1, 0.15) is 11.2 Å². The topological polar surface area (TPSA) is 54.5 Å². The Bertz CT molecular complexity index is 879. The molecular formula is C17H12N4. The molecule has 4 heteroatoms. The van der Waals surface area contributed by atoms with Crippen molar-refractivity contribution in [2.75, 3.05) is 0 Å². The third-order valence-corrected chi connectivity index (χ3v) is 3.52. The van der Waals surface area contributed by atoms with Gasteiger partial charge in [0.2, 0.25) is 0 Å². The third kappa shape index (κ3) is 2.07. The number of hydrogen-bond donors (Lipinski definition) is 1. The van der Waals surface area contributed by atoms with E-state index >= 15 is 0 Å². The van der Waals surface area contributed by atoms with Gasteiger partial charge in [-0.25, -0.2) is 0 Å². The van der Waals surface area contributed by atoms with Crippen molar-refractivity contribution in [3.63, 3.8) is 0 Å². The molecule has 0 spiro atoms. The average Bonchev–Trinajstić information content (AvgIpc) is 3.04. The maximum Gasteiger partial charge on any atom is 0.120 e. The van der Waals surface area contributed by atoms with Crippen molar-refractivity contribution in [3.05, 3.63) is 66.9 Å². The fraction of sp³-hybridized carbons (Fsp3) is 0. The molecule has 2 aromatic carbocycles. The summed E-state index contributed by atoms with van der Waals surface area (Å²) in [5, 5.41) is 12.0. The second kappa shape index (κ2) is 4.83. The van der Waals surface area contributed by atoms with Crippen molar-refractivity contribution in [3.8, 4) is 22.4 Å². The number of rotatable bonds is 2. The van der Waals surface area contributed by atoms with E-state index in [9.17, 15) is 0 Å². The monoisotopic (exact) mass is 272 g/mol. The summed E-state index contributed by atoms with van der Waals surface area (Å²) in [6.45, 7) is 0. The minimum absolute atomic E-state index is 0.824. The fourth-order valence-electron chi connectivity index (χ4n) is 2.45. The lowest BCUT2D eigenvalue weighted by atomic mass is 10.0. The lowest BCUT2D eigenvalue weighted by Crippen LogP contribution is -1.92. The van der Waals surface area contributed by atoms with Crippen LogP contribution >= 0.6 is 0 Å². The SMILES string of the molecule is c1ccc(-c2ccc(-c3nnnc4cc[nH]c34)cc2)cc1. The van der Waals surface area contributed by atoms with Gasteiger partial charge in [0.05, 0.1) is 5.52 Å². The summed E-state index contributed by atoms with van der Waals surface area (Å²) in [4.78, 5) is 3.17. The Morgan fingerprint density at radius 3 is 2.19 bits per heavy atom. The number of aromatic amines is 1. The second-order valence-electron chi connectivity index (χ2n) is 4.82. The van der Waals surface area contributed by atoms with Gasteiger partial charge >= 0.3 is 0 Å². The van der Waals surface area contributed by atoms with Crippen molar-refractivity contribution in [2.45, 2.75) is 0 Å². The Morgan fingerprint density at radius 2 is 1.38 bits per heavy atom. The van der Waals surface area contributed by atoms with Crippen LogP contribution in [0.1, 0.15) is 0 Å². The van der Waals surface area contributed by atoms with Gasteiger partial charge in [-0.3, -0.25) is 0 Å². The number of H-pyrrole nitrogens is 1. The van der Waals surface area contributed by atoms with E-state index < -0.39 is 0 Å². The molecule has 0 bridgehead atoms. The van der Waals surface area contributed by atoms with Crippen LogP contribution in [0.5, 0.6) is 0 Å². The first-order chi connectivity index (χ1) is 10.4. The van der Waals surface area contributed by atoms with Crippen molar-refractivity contribution >= 4 is 11.0 Å². The summed E-state index contributed by atoms with van der Waals surface area (Å²) in [5.74, 6) is 0. The summed E-state index contributed by atoms with van der Waals surface area (Å²) in [7, 11) is 0. The molecule has 4 rings (SSSR count).